The Labute approximate surface area is 161 Å². The number of carbonyl (C=O) groups is 4. The van der Waals surface area contributed by atoms with Crippen LogP contribution < -0.4 is 15.8 Å². The predicted molar refractivity (Wildman–Crippen MR) is 100 cm³/mol. The summed E-state index contributed by atoms with van der Waals surface area (Å²) >= 11 is 0. The summed E-state index contributed by atoms with van der Waals surface area (Å²) < 4.78 is 5.55. The second kappa shape index (κ2) is 9.86. The van der Waals surface area contributed by atoms with E-state index in [-0.39, 0.29) is 36.5 Å². The fourth-order valence-corrected chi connectivity index (χ4v) is 2.41. The fraction of sp³-hybridized carbons (Fsp3) is 0.200. The number of nitrogens with one attached hydrogen (secondary N) is 1. The summed E-state index contributed by atoms with van der Waals surface area (Å²) in [5.41, 5.74) is 6.17. The van der Waals surface area contributed by atoms with Gasteiger partial charge in [-0.05, 0) is 36.2 Å². The molecule has 2 aromatic rings. The molecular formula is C20H20N2O6. The van der Waals surface area contributed by atoms with Gasteiger partial charge >= 0.3 is 0 Å². The van der Waals surface area contributed by atoms with Crippen LogP contribution in [0.5, 0.6) is 11.5 Å². The average molecular weight is 384 g/mol. The molecule has 0 saturated carbocycles. The highest BCUT2D eigenvalue weighted by Crippen LogP contribution is 2.26. The van der Waals surface area contributed by atoms with Crippen molar-refractivity contribution in [3.63, 3.8) is 0 Å². The molecule has 0 spiro atoms. The van der Waals surface area contributed by atoms with Crippen molar-refractivity contribution in [2.24, 2.45) is 5.73 Å². The average Bonchev–Trinajstić information content (AvgIpc) is 2.69. The topological polar surface area (TPSA) is 136 Å². The summed E-state index contributed by atoms with van der Waals surface area (Å²) in [7, 11) is 0. The lowest BCUT2D eigenvalue weighted by Crippen LogP contribution is -2.36. The number of rotatable bonds is 10. The predicted octanol–water partition coefficient (Wildman–Crippen LogP) is 1.35. The Bertz CT molecular complexity index is 863. The molecule has 8 nitrogen and oxygen atoms in total. The highest BCUT2D eigenvalue weighted by Gasteiger charge is 2.14. The van der Waals surface area contributed by atoms with E-state index in [2.05, 4.69) is 5.32 Å². The molecule has 0 aliphatic carbocycles. The summed E-state index contributed by atoms with van der Waals surface area (Å²) in [5.74, 6) is -0.916. The Morgan fingerprint density at radius 3 is 2.46 bits per heavy atom. The van der Waals surface area contributed by atoms with Gasteiger partial charge in [-0.3, -0.25) is 14.4 Å². The van der Waals surface area contributed by atoms with Crippen LogP contribution in [-0.2, 0) is 16.2 Å². The number of hydrogen-bond donors (Lipinski definition) is 3. The molecule has 0 aromatic heterocycles. The van der Waals surface area contributed by atoms with E-state index in [1.54, 1.807) is 36.4 Å². The first-order valence-corrected chi connectivity index (χ1v) is 8.48. The van der Waals surface area contributed by atoms with Crippen LogP contribution in [0.25, 0.3) is 0 Å². The van der Waals surface area contributed by atoms with Crippen molar-refractivity contribution in [3.8, 4) is 11.5 Å². The van der Waals surface area contributed by atoms with Crippen LogP contribution in [-0.4, -0.2) is 35.5 Å². The summed E-state index contributed by atoms with van der Waals surface area (Å²) in [6.45, 7) is 0.127. The third kappa shape index (κ3) is 5.66. The molecule has 0 radical (unpaired) electrons. The SMILES string of the molecule is NC(=O)CC[C@@H](C=O)NC(=O)c1ccc(COc2cccc(O)c2C=O)cc1. The van der Waals surface area contributed by atoms with Crippen LogP contribution in [0, 0.1) is 0 Å². The largest absolute Gasteiger partial charge is 0.507 e. The molecule has 8 heteroatoms. The van der Waals surface area contributed by atoms with E-state index >= 15 is 0 Å². The minimum absolute atomic E-state index is 0.00220. The van der Waals surface area contributed by atoms with E-state index < -0.39 is 17.9 Å². The number of nitrogens with two attached hydrogens (primary N) is 1. The molecule has 2 aromatic carbocycles. The van der Waals surface area contributed by atoms with Gasteiger partial charge in [0.05, 0.1) is 11.6 Å². The summed E-state index contributed by atoms with van der Waals surface area (Å²) in [4.78, 5) is 45.0. The Kier molecular flexibility index (Phi) is 7.27. The van der Waals surface area contributed by atoms with E-state index in [0.29, 0.717) is 18.1 Å². The zero-order valence-corrected chi connectivity index (χ0v) is 15.0. The lowest BCUT2D eigenvalue weighted by molar-refractivity contribution is -0.118. The standard InChI is InChI=1S/C20H20N2O6/c21-19(26)9-8-15(10-23)22-20(27)14-6-4-13(5-7-14)12-28-18-3-1-2-17(25)16(18)11-24/h1-7,10-11,15,25H,8-9,12H2,(H2,21,26)(H,22,27)/t15-/m0/s1. The molecule has 0 aliphatic rings. The molecule has 4 N–H and O–H groups in total. The Hall–Kier alpha value is -3.68. The Morgan fingerprint density at radius 1 is 1.14 bits per heavy atom. The zero-order chi connectivity index (χ0) is 20.5. The van der Waals surface area contributed by atoms with Crippen LogP contribution in [0.1, 0.15) is 39.1 Å². The van der Waals surface area contributed by atoms with E-state index in [1.165, 1.54) is 6.07 Å². The summed E-state index contributed by atoms with van der Waals surface area (Å²) in [5, 5.41) is 12.2. The molecule has 0 fully saturated rings. The number of phenols is 1. The van der Waals surface area contributed by atoms with Crippen LogP contribution in [0.4, 0.5) is 0 Å². The smallest absolute Gasteiger partial charge is 0.251 e. The maximum Gasteiger partial charge on any atom is 0.251 e. The molecule has 0 unspecified atom stereocenters. The van der Waals surface area contributed by atoms with E-state index in [0.717, 1.165) is 5.56 Å². The van der Waals surface area contributed by atoms with Crippen LogP contribution in [0.2, 0.25) is 0 Å². The van der Waals surface area contributed by atoms with E-state index in [9.17, 15) is 24.3 Å². The van der Waals surface area contributed by atoms with Crippen molar-refractivity contribution in [2.75, 3.05) is 0 Å². The van der Waals surface area contributed by atoms with Gasteiger partial charge in [-0.1, -0.05) is 18.2 Å². The first-order chi connectivity index (χ1) is 13.4. The number of benzene rings is 2. The second-order valence-corrected chi connectivity index (χ2v) is 6.01. The molecule has 2 rings (SSSR count). The van der Waals surface area contributed by atoms with Gasteiger partial charge in [0.25, 0.3) is 5.91 Å². The van der Waals surface area contributed by atoms with Crippen molar-refractivity contribution in [1.29, 1.82) is 0 Å². The van der Waals surface area contributed by atoms with Crippen molar-refractivity contribution in [2.45, 2.75) is 25.5 Å². The Balaban J connectivity index is 1.96. The molecule has 0 heterocycles. The van der Waals surface area contributed by atoms with Crippen molar-refractivity contribution >= 4 is 24.4 Å². The highest BCUT2D eigenvalue weighted by molar-refractivity contribution is 5.95. The van der Waals surface area contributed by atoms with Crippen LogP contribution in [0.15, 0.2) is 42.5 Å². The Morgan fingerprint density at radius 2 is 1.86 bits per heavy atom. The van der Waals surface area contributed by atoms with Crippen LogP contribution in [0.3, 0.4) is 0 Å². The molecule has 0 aliphatic heterocycles. The van der Waals surface area contributed by atoms with Gasteiger partial charge in [0, 0.05) is 12.0 Å². The molecule has 146 valence electrons. The van der Waals surface area contributed by atoms with Gasteiger partial charge in [0.1, 0.15) is 24.4 Å². The van der Waals surface area contributed by atoms with Gasteiger partial charge in [-0.15, -0.1) is 0 Å². The number of ether oxygens (including phenoxy) is 1. The third-order valence-electron chi connectivity index (χ3n) is 3.95. The number of aromatic hydroxyl groups is 1. The zero-order valence-electron chi connectivity index (χ0n) is 15.0. The van der Waals surface area contributed by atoms with Gasteiger partial charge < -0.3 is 25.7 Å². The minimum atomic E-state index is -0.796. The number of hydrogen-bond acceptors (Lipinski definition) is 6. The molecule has 0 saturated heterocycles. The van der Waals surface area contributed by atoms with Crippen molar-refractivity contribution in [1.82, 2.24) is 5.32 Å². The molecule has 2 amide bonds. The maximum atomic E-state index is 12.2. The number of carbonyl (C=O) groups excluding carboxylic acids is 4. The van der Waals surface area contributed by atoms with Gasteiger partial charge in [-0.2, -0.15) is 0 Å². The number of phenolic OH excluding ortho intramolecular Hbond substituents is 1. The second-order valence-electron chi connectivity index (χ2n) is 6.01. The number of amides is 2. The first-order valence-electron chi connectivity index (χ1n) is 8.48. The monoisotopic (exact) mass is 384 g/mol. The third-order valence-corrected chi connectivity index (χ3v) is 3.95. The lowest BCUT2D eigenvalue weighted by atomic mass is 10.1. The lowest BCUT2D eigenvalue weighted by Gasteiger charge is -2.12. The molecule has 1 atom stereocenters. The van der Waals surface area contributed by atoms with E-state index in [1.807, 2.05) is 0 Å². The number of aldehydes is 2. The molecule has 28 heavy (non-hydrogen) atoms. The van der Waals surface area contributed by atoms with Crippen LogP contribution >= 0.6 is 0 Å². The van der Waals surface area contributed by atoms with Gasteiger partial charge in [-0.25, -0.2) is 0 Å². The normalized spacial score (nSPS) is 11.3. The minimum Gasteiger partial charge on any atom is -0.507 e. The molecular weight excluding hydrogens is 364 g/mol. The quantitative estimate of drug-likeness (QED) is 0.529. The maximum absolute atomic E-state index is 12.2. The summed E-state index contributed by atoms with van der Waals surface area (Å²) in [6, 6.07) is 10.2. The first kappa shape index (κ1) is 20.6. The molecule has 0 bridgehead atoms. The van der Waals surface area contributed by atoms with Gasteiger partial charge in [0.2, 0.25) is 5.91 Å². The van der Waals surface area contributed by atoms with Crippen molar-refractivity contribution in [3.05, 3.63) is 59.2 Å². The highest BCUT2D eigenvalue weighted by atomic mass is 16.5. The van der Waals surface area contributed by atoms with E-state index in [4.69, 9.17) is 10.5 Å². The summed E-state index contributed by atoms with van der Waals surface area (Å²) in [6.07, 6.45) is 1.21. The van der Waals surface area contributed by atoms with Crippen molar-refractivity contribution < 1.29 is 29.0 Å². The number of primary amides is 1. The fourth-order valence-electron chi connectivity index (χ4n) is 2.41. The van der Waals surface area contributed by atoms with Gasteiger partial charge in [0.15, 0.2) is 6.29 Å².